The smallest absolute Gasteiger partial charge is 0.228 e. The fourth-order valence-electron chi connectivity index (χ4n) is 2.02. The summed E-state index contributed by atoms with van der Waals surface area (Å²) in [7, 11) is 1.82. The minimum absolute atomic E-state index is 0.0874. The average molecular weight is 268 g/mol. The number of anilines is 1. The van der Waals surface area contributed by atoms with Crippen LogP contribution in [-0.4, -0.2) is 31.3 Å². The van der Waals surface area contributed by atoms with E-state index >= 15 is 0 Å². The number of halogens is 1. The molecule has 2 rings (SSSR count). The highest BCUT2D eigenvalue weighted by atomic mass is 32.2. The van der Waals surface area contributed by atoms with E-state index in [9.17, 15) is 9.18 Å². The van der Waals surface area contributed by atoms with Gasteiger partial charge in [0.2, 0.25) is 5.91 Å². The Balaban J connectivity index is 2.25. The maximum absolute atomic E-state index is 13.2. The SMILES string of the molecule is CNCCC(=O)N1CC(C)Sc2cc(F)ccc21. The highest BCUT2D eigenvalue weighted by Crippen LogP contribution is 2.38. The third kappa shape index (κ3) is 2.84. The molecule has 1 aromatic rings. The van der Waals surface area contributed by atoms with Crippen LogP contribution in [0, 0.1) is 5.82 Å². The summed E-state index contributed by atoms with van der Waals surface area (Å²) in [5.41, 5.74) is 0.834. The average Bonchev–Trinajstić information content (AvgIpc) is 2.34. The second kappa shape index (κ2) is 5.71. The second-order valence-electron chi connectivity index (χ2n) is 4.40. The minimum Gasteiger partial charge on any atom is -0.319 e. The predicted molar refractivity (Wildman–Crippen MR) is 72.6 cm³/mol. The van der Waals surface area contributed by atoms with Gasteiger partial charge in [-0.25, -0.2) is 4.39 Å². The predicted octanol–water partition coefficient (Wildman–Crippen LogP) is 2.26. The maximum atomic E-state index is 13.2. The van der Waals surface area contributed by atoms with Crippen molar-refractivity contribution in [3.63, 3.8) is 0 Å². The molecule has 98 valence electrons. The zero-order valence-corrected chi connectivity index (χ0v) is 11.4. The van der Waals surface area contributed by atoms with Crippen LogP contribution in [0.2, 0.25) is 0 Å². The van der Waals surface area contributed by atoms with Crippen LogP contribution in [0.15, 0.2) is 23.1 Å². The summed E-state index contributed by atoms with van der Waals surface area (Å²) in [6, 6.07) is 4.61. The number of benzene rings is 1. The van der Waals surface area contributed by atoms with Gasteiger partial charge in [0.05, 0.1) is 5.69 Å². The van der Waals surface area contributed by atoms with Crippen molar-refractivity contribution in [1.82, 2.24) is 5.32 Å². The fraction of sp³-hybridized carbons (Fsp3) is 0.462. The number of hydrogen-bond donors (Lipinski definition) is 1. The molecule has 1 aromatic carbocycles. The second-order valence-corrected chi connectivity index (χ2v) is 5.88. The zero-order chi connectivity index (χ0) is 13.1. The fourth-order valence-corrected chi connectivity index (χ4v) is 3.15. The van der Waals surface area contributed by atoms with E-state index in [1.807, 2.05) is 7.05 Å². The van der Waals surface area contributed by atoms with Gasteiger partial charge in [0.15, 0.2) is 0 Å². The lowest BCUT2D eigenvalue weighted by atomic mass is 10.2. The number of amides is 1. The lowest BCUT2D eigenvalue weighted by molar-refractivity contribution is -0.118. The number of carbonyl (C=O) groups is 1. The van der Waals surface area contributed by atoms with Crippen LogP contribution in [0.3, 0.4) is 0 Å². The molecule has 0 bridgehead atoms. The van der Waals surface area contributed by atoms with E-state index < -0.39 is 0 Å². The Morgan fingerprint density at radius 3 is 3.11 bits per heavy atom. The molecule has 18 heavy (non-hydrogen) atoms. The zero-order valence-electron chi connectivity index (χ0n) is 10.6. The summed E-state index contributed by atoms with van der Waals surface area (Å²) < 4.78 is 13.2. The number of nitrogens with one attached hydrogen (secondary N) is 1. The van der Waals surface area contributed by atoms with Crippen LogP contribution in [0.1, 0.15) is 13.3 Å². The third-order valence-electron chi connectivity index (χ3n) is 2.87. The first-order valence-corrected chi connectivity index (χ1v) is 6.91. The summed E-state index contributed by atoms with van der Waals surface area (Å²) >= 11 is 1.62. The molecule has 1 N–H and O–H groups in total. The first-order chi connectivity index (χ1) is 8.61. The monoisotopic (exact) mass is 268 g/mol. The van der Waals surface area contributed by atoms with Crippen LogP contribution in [0.4, 0.5) is 10.1 Å². The Morgan fingerprint density at radius 1 is 1.61 bits per heavy atom. The van der Waals surface area contributed by atoms with Crippen molar-refractivity contribution in [1.29, 1.82) is 0 Å². The molecule has 1 unspecified atom stereocenters. The van der Waals surface area contributed by atoms with Crippen molar-refractivity contribution in [3.05, 3.63) is 24.0 Å². The van der Waals surface area contributed by atoms with Crippen LogP contribution in [0.5, 0.6) is 0 Å². The molecule has 0 fully saturated rings. The van der Waals surface area contributed by atoms with Crippen LogP contribution in [-0.2, 0) is 4.79 Å². The molecule has 3 nitrogen and oxygen atoms in total. The standard InChI is InChI=1S/C13H17FN2OS/c1-9-8-16(13(17)5-6-15-2)11-4-3-10(14)7-12(11)18-9/h3-4,7,9,15H,5-6,8H2,1-2H3. The molecule has 0 radical (unpaired) electrons. The Hall–Kier alpha value is -1.07. The van der Waals surface area contributed by atoms with Crippen molar-refractivity contribution in [2.24, 2.45) is 0 Å². The van der Waals surface area contributed by atoms with E-state index in [0.29, 0.717) is 19.5 Å². The van der Waals surface area contributed by atoms with E-state index in [1.54, 1.807) is 22.7 Å². The topological polar surface area (TPSA) is 32.3 Å². The number of hydrogen-bond acceptors (Lipinski definition) is 3. The van der Waals surface area contributed by atoms with Gasteiger partial charge in [-0.3, -0.25) is 4.79 Å². The van der Waals surface area contributed by atoms with Gasteiger partial charge in [0.1, 0.15) is 5.82 Å². The van der Waals surface area contributed by atoms with Gasteiger partial charge in [0, 0.05) is 29.7 Å². The third-order valence-corrected chi connectivity index (χ3v) is 4.00. The highest BCUT2D eigenvalue weighted by Gasteiger charge is 2.26. The van der Waals surface area contributed by atoms with E-state index in [2.05, 4.69) is 12.2 Å². The Labute approximate surface area is 111 Å². The molecule has 1 atom stereocenters. The van der Waals surface area contributed by atoms with Crippen molar-refractivity contribution in [2.75, 3.05) is 25.0 Å². The molecule has 0 aromatic heterocycles. The summed E-state index contributed by atoms with van der Waals surface area (Å²) in [5, 5.41) is 3.26. The van der Waals surface area contributed by atoms with Gasteiger partial charge < -0.3 is 10.2 Å². The van der Waals surface area contributed by atoms with Gasteiger partial charge in [-0.2, -0.15) is 0 Å². The van der Waals surface area contributed by atoms with Crippen molar-refractivity contribution < 1.29 is 9.18 Å². The lowest BCUT2D eigenvalue weighted by Gasteiger charge is -2.32. The summed E-state index contributed by atoms with van der Waals surface area (Å²) in [6.07, 6.45) is 0.463. The molecular formula is C13H17FN2OS. The molecule has 0 spiro atoms. The van der Waals surface area contributed by atoms with Gasteiger partial charge in [0.25, 0.3) is 0 Å². The van der Waals surface area contributed by atoms with E-state index in [0.717, 1.165) is 10.6 Å². The number of fused-ring (bicyclic) bond motifs is 1. The van der Waals surface area contributed by atoms with Crippen molar-refractivity contribution in [3.8, 4) is 0 Å². The summed E-state index contributed by atoms with van der Waals surface area (Å²) in [4.78, 5) is 14.8. The van der Waals surface area contributed by atoms with Gasteiger partial charge >= 0.3 is 0 Å². The quantitative estimate of drug-likeness (QED) is 0.912. The highest BCUT2D eigenvalue weighted by molar-refractivity contribution is 8.00. The Morgan fingerprint density at radius 2 is 2.39 bits per heavy atom. The van der Waals surface area contributed by atoms with Crippen LogP contribution in [0.25, 0.3) is 0 Å². The molecule has 1 aliphatic rings. The Bertz CT molecular complexity index is 453. The molecule has 1 aliphatic heterocycles. The van der Waals surface area contributed by atoms with E-state index in [1.165, 1.54) is 12.1 Å². The van der Waals surface area contributed by atoms with Gasteiger partial charge in [-0.1, -0.05) is 6.92 Å². The maximum Gasteiger partial charge on any atom is 0.228 e. The van der Waals surface area contributed by atoms with Gasteiger partial charge in [-0.05, 0) is 25.2 Å². The number of rotatable bonds is 3. The normalized spacial score (nSPS) is 18.6. The number of thioether (sulfide) groups is 1. The van der Waals surface area contributed by atoms with Crippen LogP contribution >= 0.6 is 11.8 Å². The van der Waals surface area contributed by atoms with Crippen molar-refractivity contribution >= 4 is 23.4 Å². The molecule has 0 aliphatic carbocycles. The number of carbonyl (C=O) groups excluding carboxylic acids is 1. The first-order valence-electron chi connectivity index (χ1n) is 6.03. The minimum atomic E-state index is -0.252. The molecule has 1 amide bonds. The van der Waals surface area contributed by atoms with Crippen LogP contribution < -0.4 is 10.2 Å². The van der Waals surface area contributed by atoms with Gasteiger partial charge in [-0.15, -0.1) is 11.8 Å². The summed E-state index contributed by atoms with van der Waals surface area (Å²) in [6.45, 7) is 3.40. The first kappa shape index (κ1) is 13.4. The van der Waals surface area contributed by atoms with Crippen molar-refractivity contribution in [2.45, 2.75) is 23.5 Å². The van der Waals surface area contributed by atoms with E-state index in [-0.39, 0.29) is 17.0 Å². The molecule has 5 heteroatoms. The molecule has 1 heterocycles. The molecular weight excluding hydrogens is 251 g/mol. The molecule has 0 saturated carbocycles. The lowest BCUT2D eigenvalue weighted by Crippen LogP contribution is -2.39. The van der Waals surface area contributed by atoms with E-state index in [4.69, 9.17) is 0 Å². The Kier molecular flexibility index (Phi) is 4.24. The summed E-state index contributed by atoms with van der Waals surface area (Å²) in [5.74, 6) is -0.165. The largest absolute Gasteiger partial charge is 0.319 e. The molecule has 0 saturated heterocycles. The number of nitrogens with zero attached hydrogens (tertiary/aromatic N) is 1.